The maximum absolute atomic E-state index is 5.09. The van der Waals surface area contributed by atoms with Crippen LogP contribution in [-0.2, 0) is 0 Å². The van der Waals surface area contributed by atoms with Crippen LogP contribution in [0.25, 0.3) is 55.0 Å². The van der Waals surface area contributed by atoms with E-state index in [-0.39, 0.29) is 0 Å². The van der Waals surface area contributed by atoms with Gasteiger partial charge in [0.15, 0.2) is 0 Å². The molecule has 0 saturated heterocycles. The summed E-state index contributed by atoms with van der Waals surface area (Å²) in [5, 5.41) is 4.89. The molecule has 2 nitrogen and oxygen atoms in total. The fraction of sp³-hybridized carbons (Fsp3) is 0.100. The molecule has 0 amide bonds. The number of para-hydroxylation sites is 1. The highest BCUT2D eigenvalue weighted by atomic mass is 14.7. The van der Waals surface area contributed by atoms with Gasteiger partial charge in [-0.05, 0) is 75.2 Å². The molecule has 0 bridgehead atoms. The Kier molecular flexibility index (Phi) is 5.93. The first-order valence-corrected chi connectivity index (χ1v) is 14.8. The van der Waals surface area contributed by atoms with Crippen molar-refractivity contribution < 1.29 is 0 Å². The average Bonchev–Trinajstić information content (AvgIpc) is 3.06. The molecular weight excluding hydrogens is 508 g/mol. The molecule has 2 heterocycles. The van der Waals surface area contributed by atoms with E-state index in [4.69, 9.17) is 4.98 Å². The zero-order chi connectivity index (χ0) is 28.0. The van der Waals surface area contributed by atoms with Gasteiger partial charge in [0.1, 0.15) is 0 Å². The van der Waals surface area contributed by atoms with Crippen LogP contribution in [0.2, 0.25) is 0 Å². The van der Waals surface area contributed by atoms with E-state index in [0.717, 1.165) is 39.5 Å². The molecule has 8 rings (SSSR count). The molecule has 6 aromatic rings. The minimum absolute atomic E-state index is 0.340. The van der Waals surface area contributed by atoms with Gasteiger partial charge in [-0.1, -0.05) is 116 Å². The van der Waals surface area contributed by atoms with Crippen molar-refractivity contribution in [1.29, 1.82) is 0 Å². The predicted molar refractivity (Wildman–Crippen MR) is 177 cm³/mol. The Balaban J connectivity index is 1.16. The topological polar surface area (TPSA) is 25.8 Å². The summed E-state index contributed by atoms with van der Waals surface area (Å²) in [5.74, 6) is 0.758. The molecule has 0 radical (unpaired) electrons. The van der Waals surface area contributed by atoms with Crippen LogP contribution in [0.3, 0.4) is 0 Å². The van der Waals surface area contributed by atoms with Gasteiger partial charge in [0, 0.05) is 28.5 Å². The summed E-state index contributed by atoms with van der Waals surface area (Å²) in [4.78, 5) is 9.75. The van der Waals surface area contributed by atoms with Gasteiger partial charge in [-0.3, -0.25) is 4.98 Å². The van der Waals surface area contributed by atoms with Crippen LogP contribution in [0.15, 0.2) is 145 Å². The van der Waals surface area contributed by atoms with Gasteiger partial charge in [0.25, 0.3) is 0 Å². The molecule has 200 valence electrons. The van der Waals surface area contributed by atoms with Crippen molar-refractivity contribution in [3.05, 3.63) is 156 Å². The Morgan fingerprint density at radius 2 is 1.50 bits per heavy atom. The smallest absolute Gasteiger partial charge is 0.0725 e. The lowest BCUT2D eigenvalue weighted by Crippen LogP contribution is -2.20. The van der Waals surface area contributed by atoms with Crippen LogP contribution < -0.4 is 0 Å². The maximum Gasteiger partial charge on any atom is 0.0725 e. The lowest BCUT2D eigenvalue weighted by atomic mass is 9.70. The standard InChI is InChI=1S/C40H30N2/c1-2-33-36(35-12-7-10-26-8-3-5-11-34(26)35)20-18-27-14-16-29(23-37(27)33)30-17-15-28-19-21-39(42-40(28)24-30)32-22-31-9-4-6-13-38(31)41-25-32/h3-25,33,37H,2H2,1H3/t33-,37?/m1/s1. The fourth-order valence-corrected chi connectivity index (χ4v) is 6.76. The minimum atomic E-state index is 0.340. The van der Waals surface area contributed by atoms with Crippen LogP contribution >= 0.6 is 0 Å². The number of aromatic nitrogens is 2. The monoisotopic (exact) mass is 538 g/mol. The molecule has 2 aliphatic rings. The number of allylic oxidation sites excluding steroid dienone is 8. The van der Waals surface area contributed by atoms with Crippen molar-refractivity contribution in [2.24, 2.45) is 11.8 Å². The Bertz CT molecular complexity index is 2140. The number of pyridine rings is 2. The average molecular weight is 539 g/mol. The quantitative estimate of drug-likeness (QED) is 0.223. The summed E-state index contributed by atoms with van der Waals surface area (Å²) in [6, 6.07) is 36.7. The zero-order valence-corrected chi connectivity index (χ0v) is 23.5. The molecule has 2 aromatic heterocycles. The van der Waals surface area contributed by atoms with Crippen molar-refractivity contribution in [2.75, 3.05) is 0 Å². The molecule has 0 saturated carbocycles. The largest absolute Gasteiger partial charge is 0.256 e. The SMILES string of the molecule is CC[C@@H]1C(c2cccc3ccccc23)=CC=C2C=CC(c3ccc4ccc(-c5cnc6ccccc6c5)nc4c3)=CC21. The summed E-state index contributed by atoms with van der Waals surface area (Å²) in [6.07, 6.45) is 14.7. The Labute approximate surface area is 246 Å². The molecule has 0 aliphatic heterocycles. The molecule has 1 unspecified atom stereocenters. The zero-order valence-electron chi connectivity index (χ0n) is 23.5. The highest BCUT2D eigenvalue weighted by Crippen LogP contribution is 2.45. The van der Waals surface area contributed by atoms with E-state index in [1.807, 2.05) is 18.3 Å². The number of nitrogens with zero attached hydrogens (tertiary/aromatic N) is 2. The van der Waals surface area contributed by atoms with Gasteiger partial charge in [0.05, 0.1) is 16.7 Å². The Hall–Kier alpha value is -5.08. The number of hydrogen-bond donors (Lipinski definition) is 0. The van der Waals surface area contributed by atoms with Crippen molar-refractivity contribution in [2.45, 2.75) is 13.3 Å². The van der Waals surface area contributed by atoms with Gasteiger partial charge in [-0.15, -0.1) is 0 Å². The second kappa shape index (κ2) is 10.1. The summed E-state index contributed by atoms with van der Waals surface area (Å²) < 4.78 is 0. The highest BCUT2D eigenvalue weighted by molar-refractivity contribution is 5.96. The third-order valence-corrected chi connectivity index (χ3v) is 8.94. The molecule has 0 fully saturated rings. The third kappa shape index (κ3) is 4.19. The molecular formula is C40H30N2. The maximum atomic E-state index is 5.09. The van der Waals surface area contributed by atoms with E-state index in [0.29, 0.717) is 11.8 Å². The van der Waals surface area contributed by atoms with Crippen molar-refractivity contribution in [3.8, 4) is 11.3 Å². The fourth-order valence-electron chi connectivity index (χ4n) is 6.76. The first-order chi connectivity index (χ1) is 20.7. The summed E-state index contributed by atoms with van der Waals surface area (Å²) in [7, 11) is 0. The van der Waals surface area contributed by atoms with Crippen LogP contribution in [0.1, 0.15) is 24.5 Å². The van der Waals surface area contributed by atoms with Crippen LogP contribution in [0.4, 0.5) is 0 Å². The molecule has 0 spiro atoms. The Morgan fingerprint density at radius 1 is 0.667 bits per heavy atom. The first-order valence-electron chi connectivity index (χ1n) is 14.8. The summed E-state index contributed by atoms with van der Waals surface area (Å²) in [6.45, 7) is 2.32. The number of rotatable bonds is 4. The van der Waals surface area contributed by atoms with Gasteiger partial charge < -0.3 is 0 Å². The van der Waals surface area contributed by atoms with E-state index in [2.05, 4.69) is 133 Å². The summed E-state index contributed by atoms with van der Waals surface area (Å²) in [5.41, 5.74) is 10.6. The van der Waals surface area contributed by atoms with Crippen LogP contribution in [0.5, 0.6) is 0 Å². The Morgan fingerprint density at radius 3 is 2.43 bits per heavy atom. The number of benzene rings is 4. The predicted octanol–water partition coefficient (Wildman–Crippen LogP) is 10.2. The van der Waals surface area contributed by atoms with Crippen molar-refractivity contribution >= 4 is 43.7 Å². The lowest BCUT2D eigenvalue weighted by molar-refractivity contribution is 0.534. The van der Waals surface area contributed by atoms with Crippen LogP contribution in [-0.4, -0.2) is 9.97 Å². The normalized spacial score (nSPS) is 18.1. The number of hydrogen-bond acceptors (Lipinski definition) is 2. The van der Waals surface area contributed by atoms with Gasteiger partial charge in [-0.25, -0.2) is 4.98 Å². The highest BCUT2D eigenvalue weighted by Gasteiger charge is 2.30. The van der Waals surface area contributed by atoms with Crippen molar-refractivity contribution in [3.63, 3.8) is 0 Å². The van der Waals surface area contributed by atoms with E-state index in [9.17, 15) is 0 Å². The van der Waals surface area contributed by atoms with E-state index < -0.39 is 0 Å². The number of fused-ring (bicyclic) bond motifs is 4. The van der Waals surface area contributed by atoms with Gasteiger partial charge >= 0.3 is 0 Å². The molecule has 2 aliphatic carbocycles. The molecule has 42 heavy (non-hydrogen) atoms. The first kappa shape index (κ1) is 24.7. The van der Waals surface area contributed by atoms with E-state index in [1.165, 1.54) is 38.6 Å². The summed E-state index contributed by atoms with van der Waals surface area (Å²) >= 11 is 0. The second-order valence-corrected chi connectivity index (χ2v) is 11.3. The van der Waals surface area contributed by atoms with Crippen molar-refractivity contribution in [1.82, 2.24) is 9.97 Å². The van der Waals surface area contributed by atoms with Gasteiger partial charge in [-0.2, -0.15) is 0 Å². The molecule has 4 aromatic carbocycles. The van der Waals surface area contributed by atoms with E-state index in [1.54, 1.807) is 0 Å². The third-order valence-electron chi connectivity index (χ3n) is 8.94. The van der Waals surface area contributed by atoms with E-state index >= 15 is 0 Å². The molecule has 2 heteroatoms. The molecule has 2 atom stereocenters. The second-order valence-electron chi connectivity index (χ2n) is 11.3. The van der Waals surface area contributed by atoms with Crippen LogP contribution in [0, 0.1) is 11.8 Å². The van der Waals surface area contributed by atoms with Gasteiger partial charge in [0.2, 0.25) is 0 Å². The molecule has 0 N–H and O–H groups in total. The lowest BCUT2D eigenvalue weighted by Gasteiger charge is -2.33. The minimum Gasteiger partial charge on any atom is -0.256 e.